The molecule has 0 N–H and O–H groups in total. The summed E-state index contributed by atoms with van der Waals surface area (Å²) in [7, 11) is 0. The van der Waals surface area contributed by atoms with E-state index in [0.29, 0.717) is 0 Å². The molecule has 1 aromatic carbocycles. The maximum absolute atomic E-state index is 4.88. The number of fused-ring (bicyclic) bond motifs is 3. The van der Waals surface area contributed by atoms with Gasteiger partial charge in [0.1, 0.15) is 5.82 Å². The van der Waals surface area contributed by atoms with Gasteiger partial charge in [-0.05, 0) is 50.3 Å². The summed E-state index contributed by atoms with van der Waals surface area (Å²) in [5.41, 5.74) is 3.79. The number of rotatable bonds is 2. The molecule has 1 aromatic heterocycles. The number of benzene rings is 1. The Hall–Kier alpha value is -1.35. The zero-order valence-electron chi connectivity index (χ0n) is 13.2. The van der Waals surface area contributed by atoms with Crippen LogP contribution < -0.4 is 0 Å². The Balaban J connectivity index is 1.58. The lowest BCUT2D eigenvalue weighted by Gasteiger charge is -2.38. The van der Waals surface area contributed by atoms with Crippen molar-refractivity contribution in [3.8, 4) is 0 Å². The average Bonchev–Trinajstić information content (AvgIpc) is 2.60. The fourth-order valence-corrected chi connectivity index (χ4v) is 3.94. The van der Waals surface area contributed by atoms with Gasteiger partial charge in [-0.15, -0.1) is 0 Å². The van der Waals surface area contributed by atoms with Crippen molar-refractivity contribution in [2.45, 2.75) is 52.1 Å². The molecule has 0 amide bonds. The number of hydrogen-bond donors (Lipinski definition) is 0. The van der Waals surface area contributed by atoms with Crippen LogP contribution in [0.25, 0.3) is 11.0 Å². The molecule has 1 aliphatic carbocycles. The van der Waals surface area contributed by atoms with Crippen molar-refractivity contribution in [1.29, 1.82) is 0 Å². The van der Waals surface area contributed by atoms with Crippen molar-refractivity contribution >= 4 is 11.0 Å². The molecule has 2 aromatic rings. The van der Waals surface area contributed by atoms with Gasteiger partial charge in [0.15, 0.2) is 0 Å². The molecule has 1 unspecified atom stereocenters. The third-order valence-electron chi connectivity index (χ3n) is 5.62. The summed E-state index contributed by atoms with van der Waals surface area (Å²) in [6.07, 6.45) is 5.40. The summed E-state index contributed by atoms with van der Waals surface area (Å²) in [5.74, 6) is 2.22. The molecule has 112 valence electrons. The molecule has 0 spiro atoms. The van der Waals surface area contributed by atoms with Gasteiger partial charge in [-0.25, -0.2) is 4.98 Å². The highest BCUT2D eigenvalue weighted by Gasteiger charge is 2.29. The second-order valence-electron chi connectivity index (χ2n) is 6.89. The largest absolute Gasteiger partial charge is 0.327 e. The lowest BCUT2D eigenvalue weighted by atomic mass is 9.80. The third-order valence-corrected chi connectivity index (χ3v) is 5.62. The Morgan fingerprint density at radius 2 is 2.05 bits per heavy atom. The van der Waals surface area contributed by atoms with Crippen molar-refractivity contribution in [2.75, 3.05) is 13.1 Å². The zero-order valence-corrected chi connectivity index (χ0v) is 13.2. The minimum absolute atomic E-state index is 0.747. The van der Waals surface area contributed by atoms with Crippen LogP contribution in [0.1, 0.15) is 37.6 Å². The van der Waals surface area contributed by atoms with Crippen LogP contribution in [-0.4, -0.2) is 33.6 Å². The monoisotopic (exact) mass is 283 g/mol. The van der Waals surface area contributed by atoms with E-state index in [2.05, 4.69) is 41.5 Å². The summed E-state index contributed by atoms with van der Waals surface area (Å²) in [5, 5.41) is 0. The molecule has 4 rings (SSSR count). The van der Waals surface area contributed by atoms with E-state index in [-0.39, 0.29) is 0 Å². The quantitative estimate of drug-likeness (QED) is 0.842. The van der Waals surface area contributed by atoms with Gasteiger partial charge in [0.2, 0.25) is 0 Å². The van der Waals surface area contributed by atoms with Crippen LogP contribution in [0.3, 0.4) is 0 Å². The lowest BCUT2D eigenvalue weighted by Crippen LogP contribution is -2.42. The molecule has 3 heteroatoms. The van der Waals surface area contributed by atoms with Gasteiger partial charge in [0.05, 0.1) is 11.0 Å². The second-order valence-corrected chi connectivity index (χ2v) is 6.89. The molecular weight excluding hydrogens is 258 g/mol. The van der Waals surface area contributed by atoms with Gasteiger partial charge in [0.25, 0.3) is 0 Å². The Bertz CT molecular complexity index is 654. The number of nitrogens with zero attached hydrogens (tertiary/aromatic N) is 3. The normalized spacial score (nSPS) is 21.8. The van der Waals surface area contributed by atoms with E-state index in [4.69, 9.17) is 4.98 Å². The molecule has 1 atom stereocenters. The van der Waals surface area contributed by atoms with Crippen LogP contribution in [0.2, 0.25) is 0 Å². The molecule has 21 heavy (non-hydrogen) atoms. The van der Waals surface area contributed by atoms with Crippen LogP contribution in [0.5, 0.6) is 0 Å². The van der Waals surface area contributed by atoms with Crippen molar-refractivity contribution in [2.24, 2.45) is 5.92 Å². The molecule has 2 aliphatic rings. The van der Waals surface area contributed by atoms with Crippen LogP contribution in [0.15, 0.2) is 18.2 Å². The summed E-state index contributed by atoms with van der Waals surface area (Å²) < 4.78 is 2.45. The first-order chi connectivity index (χ1) is 10.2. The maximum Gasteiger partial charge on any atom is 0.111 e. The SMILES string of the molecule is Cc1ccc2c(c1)nc1n2CCN(C(C)C2CCC2)CC1. The third kappa shape index (κ3) is 2.28. The average molecular weight is 283 g/mol. The Kier molecular flexibility index (Phi) is 3.26. The highest BCUT2D eigenvalue weighted by molar-refractivity contribution is 5.76. The first-order valence-corrected chi connectivity index (χ1v) is 8.42. The van der Waals surface area contributed by atoms with E-state index in [1.807, 2.05) is 0 Å². The minimum Gasteiger partial charge on any atom is -0.327 e. The lowest BCUT2D eigenvalue weighted by molar-refractivity contribution is 0.110. The van der Waals surface area contributed by atoms with Gasteiger partial charge < -0.3 is 4.57 Å². The summed E-state index contributed by atoms with van der Waals surface area (Å²) in [6.45, 7) is 8.00. The van der Waals surface area contributed by atoms with E-state index < -0.39 is 0 Å². The van der Waals surface area contributed by atoms with E-state index in [9.17, 15) is 0 Å². The van der Waals surface area contributed by atoms with Crippen molar-refractivity contribution in [3.63, 3.8) is 0 Å². The van der Waals surface area contributed by atoms with E-state index in [1.165, 1.54) is 54.8 Å². The molecule has 1 aliphatic heterocycles. The Morgan fingerprint density at radius 3 is 2.81 bits per heavy atom. The zero-order chi connectivity index (χ0) is 14.4. The summed E-state index contributed by atoms with van der Waals surface area (Å²) >= 11 is 0. The molecular formula is C18H25N3. The molecule has 3 nitrogen and oxygen atoms in total. The van der Waals surface area contributed by atoms with Crippen LogP contribution >= 0.6 is 0 Å². The van der Waals surface area contributed by atoms with E-state index in [1.54, 1.807) is 0 Å². The summed E-state index contributed by atoms with van der Waals surface area (Å²) in [4.78, 5) is 7.58. The predicted molar refractivity (Wildman–Crippen MR) is 86.6 cm³/mol. The molecule has 0 radical (unpaired) electrons. The molecule has 1 saturated carbocycles. The summed E-state index contributed by atoms with van der Waals surface area (Å²) in [6, 6.07) is 7.41. The molecule has 2 heterocycles. The van der Waals surface area contributed by atoms with Crippen molar-refractivity contribution < 1.29 is 0 Å². The molecule has 0 saturated heterocycles. The highest BCUT2D eigenvalue weighted by atomic mass is 15.2. The Labute approximate surface area is 127 Å². The maximum atomic E-state index is 4.88. The van der Waals surface area contributed by atoms with Gasteiger partial charge >= 0.3 is 0 Å². The number of aryl methyl sites for hydroxylation is 1. The van der Waals surface area contributed by atoms with Crippen LogP contribution in [-0.2, 0) is 13.0 Å². The van der Waals surface area contributed by atoms with E-state index >= 15 is 0 Å². The predicted octanol–water partition coefficient (Wildman–Crippen LogP) is 3.39. The van der Waals surface area contributed by atoms with Gasteiger partial charge in [0, 0.05) is 32.1 Å². The van der Waals surface area contributed by atoms with Crippen molar-refractivity contribution in [1.82, 2.24) is 14.5 Å². The van der Waals surface area contributed by atoms with Gasteiger partial charge in [-0.2, -0.15) is 0 Å². The second kappa shape index (κ2) is 5.13. The fraction of sp³-hybridized carbons (Fsp3) is 0.611. The number of imidazole rings is 1. The van der Waals surface area contributed by atoms with E-state index in [0.717, 1.165) is 24.9 Å². The topological polar surface area (TPSA) is 21.1 Å². The fourth-order valence-electron chi connectivity index (χ4n) is 3.94. The van der Waals surface area contributed by atoms with Crippen molar-refractivity contribution in [3.05, 3.63) is 29.6 Å². The molecule has 0 bridgehead atoms. The standard InChI is InChI=1S/C18H25N3/c1-13-6-7-17-16(12-13)19-18-8-9-20(10-11-21(17)18)14(2)15-4-3-5-15/h6-7,12,14-15H,3-5,8-11H2,1-2H3. The smallest absolute Gasteiger partial charge is 0.111 e. The van der Waals surface area contributed by atoms with Crippen LogP contribution in [0, 0.1) is 12.8 Å². The molecule has 1 fully saturated rings. The first-order valence-electron chi connectivity index (χ1n) is 8.42. The Morgan fingerprint density at radius 1 is 1.19 bits per heavy atom. The van der Waals surface area contributed by atoms with Gasteiger partial charge in [-0.1, -0.05) is 12.5 Å². The van der Waals surface area contributed by atoms with Gasteiger partial charge in [-0.3, -0.25) is 4.90 Å². The minimum atomic E-state index is 0.747. The number of aromatic nitrogens is 2. The highest BCUT2D eigenvalue weighted by Crippen LogP contribution is 2.32. The number of hydrogen-bond acceptors (Lipinski definition) is 2. The first kappa shape index (κ1) is 13.3. The van der Waals surface area contributed by atoms with Crippen LogP contribution in [0.4, 0.5) is 0 Å².